The van der Waals surface area contributed by atoms with Crippen LogP contribution in [0, 0.1) is 3.57 Å². The average Bonchev–Trinajstić information content (AvgIpc) is 2.48. The predicted octanol–water partition coefficient (Wildman–Crippen LogP) is 3.51. The molecule has 0 atom stereocenters. The summed E-state index contributed by atoms with van der Waals surface area (Å²) in [7, 11) is 0. The van der Waals surface area contributed by atoms with E-state index in [-0.39, 0.29) is 5.91 Å². The first-order valence-corrected chi connectivity index (χ1v) is 7.96. The summed E-state index contributed by atoms with van der Waals surface area (Å²) < 4.78 is 0.912. The topological polar surface area (TPSA) is 55.1 Å². The van der Waals surface area contributed by atoms with Gasteiger partial charge in [0, 0.05) is 21.2 Å². The van der Waals surface area contributed by atoms with Crippen molar-refractivity contribution in [1.82, 2.24) is 5.32 Å². The van der Waals surface area contributed by atoms with Crippen LogP contribution in [-0.4, -0.2) is 10.9 Å². The smallest absolute Gasteiger partial charge is 0.251 e. The van der Waals surface area contributed by atoms with Crippen molar-refractivity contribution in [3.05, 3.63) is 67.7 Å². The first-order valence-electron chi connectivity index (χ1n) is 6.09. The summed E-state index contributed by atoms with van der Waals surface area (Å²) in [6.07, 6.45) is 0. The molecule has 0 heterocycles. The molecule has 1 amide bonds. The molecule has 0 bridgehead atoms. The minimum absolute atomic E-state index is 0.172. The zero-order valence-corrected chi connectivity index (χ0v) is 14.6. The Balaban J connectivity index is 2.05. The second kappa shape index (κ2) is 7.20. The average molecular weight is 431 g/mol. The Morgan fingerprint density at radius 2 is 2.00 bits per heavy atom. The Morgan fingerprint density at radius 3 is 2.67 bits per heavy atom. The van der Waals surface area contributed by atoms with Gasteiger partial charge in [-0.25, -0.2) is 0 Å². The summed E-state index contributed by atoms with van der Waals surface area (Å²) in [6, 6.07) is 12.7. The van der Waals surface area contributed by atoms with E-state index >= 15 is 0 Å². The van der Waals surface area contributed by atoms with Crippen molar-refractivity contribution in [1.29, 1.82) is 0 Å². The summed E-state index contributed by atoms with van der Waals surface area (Å²) in [6.45, 7) is 0.402. The van der Waals surface area contributed by atoms with Crippen molar-refractivity contribution in [2.75, 3.05) is 0 Å². The zero-order chi connectivity index (χ0) is 15.4. The van der Waals surface area contributed by atoms with E-state index in [1.54, 1.807) is 12.1 Å². The first-order chi connectivity index (χ1) is 9.97. The fourth-order valence-corrected chi connectivity index (χ4v) is 2.40. The zero-order valence-electron chi connectivity index (χ0n) is 10.9. The van der Waals surface area contributed by atoms with Crippen LogP contribution in [0.15, 0.2) is 42.5 Å². The Morgan fingerprint density at radius 1 is 1.24 bits per heavy atom. The van der Waals surface area contributed by atoms with E-state index in [0.29, 0.717) is 22.1 Å². The van der Waals surface area contributed by atoms with Gasteiger partial charge in [0.05, 0.1) is 5.02 Å². The number of carbonyl (C=O) groups excluding carboxylic acids is 1. The van der Waals surface area contributed by atoms with Crippen molar-refractivity contribution < 1.29 is 4.79 Å². The molecular weight excluding hydrogens is 419 g/mol. The number of hydrogen-bond donors (Lipinski definition) is 2. The Bertz CT molecular complexity index is 706. The highest BCUT2D eigenvalue weighted by Crippen LogP contribution is 2.19. The number of hydrogen-bond acceptors (Lipinski definition) is 2. The van der Waals surface area contributed by atoms with Crippen LogP contribution in [-0.2, 0) is 6.54 Å². The Kier molecular flexibility index (Phi) is 5.55. The summed E-state index contributed by atoms with van der Waals surface area (Å²) in [4.78, 5) is 12.4. The molecule has 2 aromatic rings. The largest absolute Gasteiger partial charge is 0.389 e. The van der Waals surface area contributed by atoms with Crippen LogP contribution in [0.4, 0.5) is 0 Å². The molecule has 6 heteroatoms. The van der Waals surface area contributed by atoms with Gasteiger partial charge in [-0.3, -0.25) is 4.79 Å². The Hall–Kier alpha value is -1.18. The molecule has 0 saturated carbocycles. The molecule has 0 radical (unpaired) electrons. The van der Waals surface area contributed by atoms with E-state index in [9.17, 15) is 4.79 Å². The molecule has 0 fully saturated rings. The molecule has 0 aromatic heterocycles. The molecule has 0 aliphatic heterocycles. The maximum absolute atomic E-state index is 12.1. The van der Waals surface area contributed by atoms with Crippen LogP contribution < -0.4 is 11.1 Å². The molecule has 0 spiro atoms. The second-order valence-corrected chi connectivity index (χ2v) is 6.39. The molecule has 108 valence electrons. The van der Waals surface area contributed by atoms with Gasteiger partial charge in [-0.2, -0.15) is 0 Å². The predicted molar refractivity (Wildman–Crippen MR) is 97.7 cm³/mol. The van der Waals surface area contributed by atoms with Gasteiger partial charge < -0.3 is 11.1 Å². The maximum atomic E-state index is 12.1. The van der Waals surface area contributed by atoms with Gasteiger partial charge in [-0.05, 0) is 52.4 Å². The highest BCUT2D eigenvalue weighted by atomic mass is 127. The van der Waals surface area contributed by atoms with Gasteiger partial charge >= 0.3 is 0 Å². The van der Waals surface area contributed by atoms with Gasteiger partial charge in [0.1, 0.15) is 4.99 Å². The van der Waals surface area contributed by atoms with E-state index in [0.717, 1.165) is 14.7 Å². The van der Waals surface area contributed by atoms with Crippen LogP contribution in [0.1, 0.15) is 21.5 Å². The molecule has 0 saturated heterocycles. The lowest BCUT2D eigenvalue weighted by Gasteiger charge is -2.07. The van der Waals surface area contributed by atoms with Crippen molar-refractivity contribution in [3.63, 3.8) is 0 Å². The third-order valence-electron chi connectivity index (χ3n) is 2.85. The number of carbonyl (C=O) groups is 1. The maximum Gasteiger partial charge on any atom is 0.251 e. The SMILES string of the molecule is NC(=S)c1cccc(CNC(=O)c2ccc(I)c(Cl)c2)c1. The van der Waals surface area contributed by atoms with Crippen molar-refractivity contribution in [2.24, 2.45) is 5.73 Å². The van der Waals surface area contributed by atoms with E-state index in [4.69, 9.17) is 29.6 Å². The third kappa shape index (κ3) is 4.39. The molecule has 0 unspecified atom stereocenters. The lowest BCUT2D eigenvalue weighted by Crippen LogP contribution is -2.23. The first kappa shape index (κ1) is 16.2. The van der Waals surface area contributed by atoms with E-state index in [2.05, 4.69) is 27.9 Å². The molecular formula is C15H12ClIN2OS. The number of benzene rings is 2. The molecule has 3 nitrogen and oxygen atoms in total. The number of halogens is 2. The lowest BCUT2D eigenvalue weighted by molar-refractivity contribution is 0.0951. The minimum Gasteiger partial charge on any atom is -0.389 e. The normalized spacial score (nSPS) is 10.2. The number of nitrogens with one attached hydrogen (secondary N) is 1. The minimum atomic E-state index is -0.172. The quantitative estimate of drug-likeness (QED) is 0.576. The van der Waals surface area contributed by atoms with E-state index in [1.165, 1.54) is 0 Å². The van der Waals surface area contributed by atoms with Gasteiger partial charge in [0.2, 0.25) is 0 Å². The fourth-order valence-electron chi connectivity index (χ4n) is 1.76. The van der Waals surface area contributed by atoms with Gasteiger partial charge in [0.25, 0.3) is 5.91 Å². The van der Waals surface area contributed by atoms with Crippen molar-refractivity contribution >= 4 is 57.3 Å². The van der Waals surface area contributed by atoms with Crippen LogP contribution in [0.3, 0.4) is 0 Å². The summed E-state index contributed by atoms with van der Waals surface area (Å²) >= 11 is 13.1. The summed E-state index contributed by atoms with van der Waals surface area (Å²) in [5.41, 5.74) is 7.84. The highest BCUT2D eigenvalue weighted by Gasteiger charge is 2.08. The molecule has 2 rings (SSSR count). The second-order valence-electron chi connectivity index (χ2n) is 4.38. The van der Waals surface area contributed by atoms with Crippen molar-refractivity contribution in [2.45, 2.75) is 6.54 Å². The molecule has 21 heavy (non-hydrogen) atoms. The molecule has 0 aliphatic rings. The Labute approximate surface area is 147 Å². The molecule has 2 aromatic carbocycles. The number of nitrogens with two attached hydrogens (primary N) is 1. The number of amides is 1. The molecule has 0 aliphatic carbocycles. The van der Waals surface area contributed by atoms with Crippen LogP contribution in [0.2, 0.25) is 5.02 Å². The van der Waals surface area contributed by atoms with Gasteiger partial charge in [-0.1, -0.05) is 42.0 Å². The van der Waals surface area contributed by atoms with Crippen LogP contribution >= 0.6 is 46.4 Å². The van der Waals surface area contributed by atoms with Crippen molar-refractivity contribution in [3.8, 4) is 0 Å². The monoisotopic (exact) mass is 430 g/mol. The number of rotatable bonds is 4. The van der Waals surface area contributed by atoms with Gasteiger partial charge in [-0.15, -0.1) is 0 Å². The third-order valence-corrected chi connectivity index (χ3v) is 4.65. The van der Waals surface area contributed by atoms with Crippen LogP contribution in [0.5, 0.6) is 0 Å². The molecule has 3 N–H and O–H groups in total. The lowest BCUT2D eigenvalue weighted by atomic mass is 10.1. The number of thiocarbonyl (C=S) groups is 1. The highest BCUT2D eigenvalue weighted by molar-refractivity contribution is 14.1. The van der Waals surface area contributed by atoms with E-state index < -0.39 is 0 Å². The summed E-state index contributed by atoms with van der Waals surface area (Å²) in [5, 5.41) is 3.41. The summed E-state index contributed by atoms with van der Waals surface area (Å²) in [5.74, 6) is -0.172. The standard InChI is InChI=1S/C15H12ClIN2OS/c16-12-7-11(4-5-13(12)17)15(20)19-8-9-2-1-3-10(6-9)14(18)21/h1-7H,8H2,(H2,18,21)(H,19,20). The van der Waals surface area contributed by atoms with Crippen LogP contribution in [0.25, 0.3) is 0 Å². The van der Waals surface area contributed by atoms with Gasteiger partial charge in [0.15, 0.2) is 0 Å². The fraction of sp³-hybridized carbons (Fsp3) is 0.0667. The van der Waals surface area contributed by atoms with E-state index in [1.807, 2.05) is 30.3 Å².